The van der Waals surface area contributed by atoms with Gasteiger partial charge in [0.2, 0.25) is 5.91 Å². The first kappa shape index (κ1) is 25.2. The minimum absolute atomic E-state index is 0.0824. The topological polar surface area (TPSA) is 101 Å². The van der Waals surface area contributed by atoms with Crippen LogP contribution < -0.4 is 15.0 Å². The molecule has 1 aliphatic rings. The zero-order valence-corrected chi connectivity index (χ0v) is 22.1. The Morgan fingerprint density at radius 2 is 2.00 bits per heavy atom. The maximum Gasteiger partial charge on any atom is 0.246 e. The van der Waals surface area contributed by atoms with Gasteiger partial charge in [0.1, 0.15) is 30.0 Å². The smallest absolute Gasteiger partial charge is 0.246 e. The van der Waals surface area contributed by atoms with E-state index in [1.54, 1.807) is 27.7 Å². The zero-order chi connectivity index (χ0) is 27.8. The van der Waals surface area contributed by atoms with Crippen molar-refractivity contribution in [3.63, 3.8) is 0 Å². The minimum atomic E-state index is -0.406. The number of carbonyl (C=O) groups excluding carboxylic acids is 1. The lowest BCUT2D eigenvalue weighted by Gasteiger charge is -2.40. The summed E-state index contributed by atoms with van der Waals surface area (Å²) in [5.74, 6) is 1.16. The van der Waals surface area contributed by atoms with E-state index < -0.39 is 5.82 Å². The molecule has 0 aliphatic carbocycles. The van der Waals surface area contributed by atoms with E-state index in [-0.39, 0.29) is 11.9 Å². The fourth-order valence-corrected chi connectivity index (χ4v) is 5.03. The minimum Gasteiger partial charge on any atom is -0.457 e. The molecule has 1 N–H and O–H groups in total. The first-order chi connectivity index (χ1) is 19.4. The lowest BCUT2D eigenvalue weighted by molar-refractivity contribution is -0.128. The van der Waals surface area contributed by atoms with Crippen molar-refractivity contribution in [1.82, 2.24) is 29.5 Å². The van der Waals surface area contributed by atoms with E-state index in [1.807, 2.05) is 49.1 Å². The number of nitrogens with zero attached hydrogens (tertiary/aromatic N) is 7. The van der Waals surface area contributed by atoms with Crippen molar-refractivity contribution in [3.8, 4) is 11.5 Å². The number of rotatable bonds is 6. The number of halogens is 1. The summed E-state index contributed by atoms with van der Waals surface area (Å²) >= 11 is 0. The lowest BCUT2D eigenvalue weighted by Crippen LogP contribution is -2.53. The number of carbonyl (C=O) groups is 1. The molecule has 1 atom stereocenters. The first-order valence-electron chi connectivity index (χ1n) is 12.9. The number of nitrogens with one attached hydrogen (secondary N) is 1. The number of benzene rings is 2. The number of piperazine rings is 1. The van der Waals surface area contributed by atoms with Crippen molar-refractivity contribution in [2.24, 2.45) is 0 Å². The molecular formula is C29H27FN8O2. The molecule has 4 heterocycles. The molecule has 0 bridgehead atoms. The van der Waals surface area contributed by atoms with Gasteiger partial charge in [0, 0.05) is 43.6 Å². The van der Waals surface area contributed by atoms with Gasteiger partial charge in [0.25, 0.3) is 0 Å². The van der Waals surface area contributed by atoms with E-state index in [4.69, 9.17) is 4.74 Å². The molecule has 0 spiro atoms. The number of amides is 1. The number of hydrogen-bond donors (Lipinski definition) is 1. The molecule has 10 nitrogen and oxygen atoms in total. The molecule has 0 unspecified atom stereocenters. The fraction of sp³-hybridized carbons (Fsp3) is 0.207. The third-order valence-electron chi connectivity index (χ3n) is 7.06. The maximum absolute atomic E-state index is 16.0. The Morgan fingerprint density at radius 1 is 1.12 bits per heavy atom. The Bertz CT molecular complexity index is 1750. The van der Waals surface area contributed by atoms with Crippen molar-refractivity contribution in [2.75, 3.05) is 29.9 Å². The SMILES string of the molecule is C=CC(=O)N1CCN(c2ccc3ncnc(Nc4ccc(Oc5ccn6ncnc6c5)c(C)c4)c3c2F)C[C@H]1C. The highest BCUT2D eigenvalue weighted by Crippen LogP contribution is 2.34. The van der Waals surface area contributed by atoms with Gasteiger partial charge in [0.15, 0.2) is 11.5 Å². The fourth-order valence-electron chi connectivity index (χ4n) is 5.03. The van der Waals surface area contributed by atoms with Crippen LogP contribution in [0.25, 0.3) is 16.6 Å². The summed E-state index contributed by atoms with van der Waals surface area (Å²) in [5.41, 5.74) is 3.24. The van der Waals surface area contributed by atoms with Gasteiger partial charge >= 0.3 is 0 Å². The Balaban J connectivity index is 1.25. The molecule has 6 rings (SSSR count). The van der Waals surface area contributed by atoms with E-state index >= 15 is 4.39 Å². The maximum atomic E-state index is 16.0. The lowest BCUT2D eigenvalue weighted by atomic mass is 10.1. The van der Waals surface area contributed by atoms with Crippen LogP contribution in [0.15, 0.2) is 74.0 Å². The van der Waals surface area contributed by atoms with Crippen LogP contribution in [-0.2, 0) is 4.79 Å². The van der Waals surface area contributed by atoms with Crippen molar-refractivity contribution in [1.29, 1.82) is 0 Å². The highest BCUT2D eigenvalue weighted by atomic mass is 19.1. The summed E-state index contributed by atoms with van der Waals surface area (Å²) in [6, 6.07) is 12.7. The van der Waals surface area contributed by atoms with Crippen molar-refractivity contribution in [2.45, 2.75) is 19.9 Å². The summed E-state index contributed by atoms with van der Waals surface area (Å²) in [4.78, 5) is 28.7. The van der Waals surface area contributed by atoms with Crippen LogP contribution >= 0.6 is 0 Å². The van der Waals surface area contributed by atoms with Crippen LogP contribution in [0.3, 0.4) is 0 Å². The van der Waals surface area contributed by atoms with Crippen molar-refractivity contribution >= 4 is 39.6 Å². The van der Waals surface area contributed by atoms with Gasteiger partial charge in [0.05, 0.1) is 16.6 Å². The Morgan fingerprint density at radius 3 is 2.80 bits per heavy atom. The van der Waals surface area contributed by atoms with Gasteiger partial charge in [-0.1, -0.05) is 6.58 Å². The molecule has 3 aromatic heterocycles. The van der Waals surface area contributed by atoms with Crippen LogP contribution in [0.2, 0.25) is 0 Å². The van der Waals surface area contributed by atoms with E-state index in [9.17, 15) is 4.79 Å². The number of aryl methyl sites for hydroxylation is 1. The molecule has 2 aromatic carbocycles. The molecule has 0 radical (unpaired) electrons. The molecule has 1 saturated heterocycles. The number of fused-ring (bicyclic) bond motifs is 2. The number of hydrogen-bond acceptors (Lipinski definition) is 8. The number of ether oxygens (including phenoxy) is 1. The van der Waals surface area contributed by atoms with Crippen LogP contribution in [0.4, 0.5) is 21.6 Å². The van der Waals surface area contributed by atoms with Crippen LogP contribution in [0.5, 0.6) is 11.5 Å². The molecule has 5 aromatic rings. The monoisotopic (exact) mass is 538 g/mol. The first-order valence-corrected chi connectivity index (χ1v) is 12.9. The summed E-state index contributed by atoms with van der Waals surface area (Å²) < 4.78 is 23.8. The summed E-state index contributed by atoms with van der Waals surface area (Å²) in [6.45, 7) is 8.96. The number of anilines is 3. The summed E-state index contributed by atoms with van der Waals surface area (Å²) in [6.07, 6.45) is 6.00. The van der Waals surface area contributed by atoms with Crippen molar-refractivity contribution < 1.29 is 13.9 Å². The second kappa shape index (κ2) is 10.3. The molecule has 40 heavy (non-hydrogen) atoms. The largest absolute Gasteiger partial charge is 0.457 e. The number of aromatic nitrogens is 5. The van der Waals surface area contributed by atoms with Crippen LogP contribution in [-0.4, -0.2) is 61.0 Å². The Hall–Kier alpha value is -5.06. The third kappa shape index (κ3) is 4.66. The predicted octanol–water partition coefficient (Wildman–Crippen LogP) is 4.88. The standard InChI is InChI=1S/C29H27FN8O2/c1-4-26(39)37-12-11-36(15-19(37)3)23-7-6-22-27(28(23)30)29(33-16-31-22)35-20-5-8-24(18(2)13-20)40-21-9-10-38-25(14-21)32-17-34-38/h4-10,13-14,16-17,19H,1,11-12,15H2,2-3H3,(H,31,33,35)/t19-/m1/s1. The van der Waals surface area contributed by atoms with Gasteiger partial charge < -0.3 is 19.9 Å². The van der Waals surface area contributed by atoms with E-state index in [1.165, 1.54) is 18.7 Å². The van der Waals surface area contributed by atoms with Crippen LogP contribution in [0, 0.1) is 12.7 Å². The highest BCUT2D eigenvalue weighted by molar-refractivity contribution is 5.94. The molecule has 0 saturated carbocycles. The highest BCUT2D eigenvalue weighted by Gasteiger charge is 2.28. The van der Waals surface area contributed by atoms with Gasteiger partial charge in [-0.3, -0.25) is 4.79 Å². The quantitative estimate of drug-likeness (QED) is 0.306. The second-order valence-corrected chi connectivity index (χ2v) is 9.68. The average molecular weight is 539 g/mol. The molecule has 11 heteroatoms. The van der Waals surface area contributed by atoms with E-state index in [0.29, 0.717) is 59.2 Å². The molecule has 1 fully saturated rings. The summed E-state index contributed by atoms with van der Waals surface area (Å²) in [5, 5.41) is 7.66. The van der Waals surface area contributed by atoms with Crippen molar-refractivity contribution in [3.05, 3.63) is 85.4 Å². The van der Waals surface area contributed by atoms with E-state index in [0.717, 1.165) is 11.3 Å². The van der Waals surface area contributed by atoms with Gasteiger partial charge in [-0.05, 0) is 61.9 Å². The predicted molar refractivity (Wildman–Crippen MR) is 151 cm³/mol. The normalized spacial score (nSPS) is 15.4. The average Bonchev–Trinajstić information content (AvgIpc) is 3.42. The Labute approximate surface area is 229 Å². The molecule has 1 amide bonds. The van der Waals surface area contributed by atoms with Gasteiger partial charge in [-0.25, -0.2) is 23.9 Å². The molecular weight excluding hydrogens is 511 g/mol. The third-order valence-corrected chi connectivity index (χ3v) is 7.06. The van der Waals surface area contributed by atoms with Gasteiger partial charge in [-0.15, -0.1) is 0 Å². The Kier molecular flexibility index (Phi) is 6.47. The van der Waals surface area contributed by atoms with E-state index in [2.05, 4.69) is 31.9 Å². The van der Waals surface area contributed by atoms with Crippen LogP contribution in [0.1, 0.15) is 12.5 Å². The number of pyridine rings is 1. The summed E-state index contributed by atoms with van der Waals surface area (Å²) in [7, 11) is 0. The zero-order valence-electron chi connectivity index (χ0n) is 22.1. The molecule has 202 valence electrons. The molecule has 1 aliphatic heterocycles. The second-order valence-electron chi connectivity index (χ2n) is 9.68. The van der Waals surface area contributed by atoms with Gasteiger partial charge in [-0.2, -0.15) is 5.10 Å².